The summed E-state index contributed by atoms with van der Waals surface area (Å²) in [5.41, 5.74) is 0. The van der Waals surface area contributed by atoms with E-state index in [4.69, 9.17) is 0 Å². The van der Waals surface area contributed by atoms with Crippen LogP contribution in [-0.2, 0) is 19.2 Å². The topological polar surface area (TPSA) is 68.3 Å². The Labute approximate surface area is 181 Å². The first kappa shape index (κ1) is 31.5. The Kier molecular flexibility index (Phi) is 20.2. The van der Waals surface area contributed by atoms with Crippen molar-refractivity contribution in [3.63, 3.8) is 0 Å². The first-order chi connectivity index (χ1) is 12.7. The Morgan fingerprint density at radius 2 is 1.18 bits per heavy atom. The minimum atomic E-state index is -1.02. The monoisotopic (exact) mass is 474 g/mol. The molecule has 0 saturated carbocycles. The third kappa shape index (κ3) is 21.2. The molecule has 0 aliphatic carbocycles. The molecule has 0 aliphatic rings. The van der Waals surface area contributed by atoms with E-state index in [9.17, 15) is 19.2 Å². The van der Waals surface area contributed by atoms with Gasteiger partial charge in [-0.3, -0.25) is 19.2 Å². The first-order valence-corrected chi connectivity index (χ1v) is 14.4. The average Bonchev–Trinajstić information content (AvgIpc) is 2.55. The zero-order valence-electron chi connectivity index (χ0n) is 18.8. The van der Waals surface area contributed by atoms with Gasteiger partial charge in [0.05, 0.1) is 11.8 Å². The van der Waals surface area contributed by atoms with Crippen molar-refractivity contribution in [3.8, 4) is 0 Å². The lowest BCUT2D eigenvalue weighted by Gasteiger charge is -2.17. The maximum Gasteiger partial charge on any atom is 0.140 e. The summed E-state index contributed by atoms with van der Waals surface area (Å²) in [5, 5.41) is 0.896. The van der Waals surface area contributed by atoms with Crippen LogP contribution < -0.4 is 0 Å². The van der Waals surface area contributed by atoms with Crippen molar-refractivity contribution in [2.75, 3.05) is 5.33 Å². The van der Waals surface area contributed by atoms with Gasteiger partial charge in [-0.1, -0.05) is 60.2 Å². The van der Waals surface area contributed by atoms with Crippen molar-refractivity contribution in [2.24, 2.45) is 11.8 Å². The second-order valence-electron chi connectivity index (χ2n) is 7.97. The van der Waals surface area contributed by atoms with Gasteiger partial charge in [-0.25, -0.2) is 0 Å². The van der Waals surface area contributed by atoms with Crippen LogP contribution in [0.25, 0.3) is 0 Å². The molecule has 0 aromatic rings. The van der Waals surface area contributed by atoms with Crippen LogP contribution in [0.15, 0.2) is 25.3 Å². The van der Waals surface area contributed by atoms with Crippen LogP contribution in [0, 0.1) is 11.8 Å². The molecule has 0 amide bonds. The van der Waals surface area contributed by atoms with E-state index in [0.29, 0.717) is 6.42 Å². The van der Waals surface area contributed by atoms with Gasteiger partial charge < -0.3 is 0 Å². The molecular formula is C22H39BrO4Si. The second kappa shape index (κ2) is 17.9. The zero-order chi connectivity index (χ0) is 22.9. The molecule has 0 spiro atoms. The van der Waals surface area contributed by atoms with Crippen LogP contribution in [0.1, 0.15) is 47.0 Å². The lowest BCUT2D eigenvalue weighted by atomic mass is 9.96. The number of halogens is 1. The van der Waals surface area contributed by atoms with E-state index in [1.165, 1.54) is 33.7 Å². The standard InChI is InChI=1S/C11H22O2Si.C8H12O2.C3H5Br/c1-9(12)11(10(2)13)7-6-8-14(3,4)5;1-4-5-8(6(2)9)7(3)10;1-2-3-4/h11H,6-8H2,1-5H3;4,8H,1,5H2,2-3H3;2H,1,3H2. The summed E-state index contributed by atoms with van der Waals surface area (Å²) in [5.74, 6) is -0.912. The Bertz CT molecular complexity index is 493. The maximum absolute atomic E-state index is 11.1. The molecule has 0 heterocycles. The Balaban J connectivity index is -0.000000388. The van der Waals surface area contributed by atoms with E-state index in [1.807, 2.05) is 0 Å². The van der Waals surface area contributed by atoms with Gasteiger partial charge in [0.1, 0.15) is 23.1 Å². The second-order valence-corrected chi connectivity index (χ2v) is 14.2. The third-order valence-corrected chi connectivity index (χ3v) is 6.21. The number of alkyl halides is 1. The minimum absolute atomic E-state index is 0.0214. The van der Waals surface area contributed by atoms with Crippen molar-refractivity contribution in [1.29, 1.82) is 0 Å². The summed E-state index contributed by atoms with van der Waals surface area (Å²) in [4.78, 5) is 43.7. The highest BCUT2D eigenvalue weighted by molar-refractivity contribution is 9.09. The smallest absolute Gasteiger partial charge is 0.140 e. The fraction of sp³-hybridized carbons (Fsp3) is 0.636. The summed E-state index contributed by atoms with van der Waals surface area (Å²) in [7, 11) is -1.02. The van der Waals surface area contributed by atoms with Gasteiger partial charge in [0.25, 0.3) is 0 Å². The highest BCUT2D eigenvalue weighted by Gasteiger charge is 2.20. The van der Waals surface area contributed by atoms with Crippen LogP contribution in [0.5, 0.6) is 0 Å². The van der Waals surface area contributed by atoms with Crippen molar-refractivity contribution in [1.82, 2.24) is 0 Å². The number of carbonyl (C=O) groups excluding carboxylic acids is 4. The molecule has 0 aliphatic heterocycles. The average molecular weight is 476 g/mol. The first-order valence-electron chi connectivity index (χ1n) is 9.54. The summed E-state index contributed by atoms with van der Waals surface area (Å²) >= 11 is 3.13. The fourth-order valence-electron chi connectivity index (χ4n) is 2.31. The van der Waals surface area contributed by atoms with Crippen LogP contribution in [0.2, 0.25) is 25.7 Å². The van der Waals surface area contributed by atoms with E-state index in [2.05, 4.69) is 48.7 Å². The molecule has 0 unspecified atom stereocenters. The van der Waals surface area contributed by atoms with Crippen molar-refractivity contribution in [2.45, 2.75) is 72.6 Å². The molecule has 162 valence electrons. The molecule has 0 aromatic carbocycles. The number of hydrogen-bond acceptors (Lipinski definition) is 4. The van der Waals surface area contributed by atoms with Crippen molar-refractivity contribution in [3.05, 3.63) is 25.3 Å². The summed E-state index contributed by atoms with van der Waals surface area (Å²) in [6, 6.07) is 1.20. The number of carbonyl (C=O) groups is 4. The molecule has 4 nitrogen and oxygen atoms in total. The summed E-state index contributed by atoms with van der Waals surface area (Å²) in [6.07, 6.45) is 5.60. The molecule has 0 N–H and O–H groups in total. The van der Waals surface area contributed by atoms with E-state index >= 15 is 0 Å². The number of rotatable bonds is 11. The zero-order valence-corrected chi connectivity index (χ0v) is 21.4. The largest absolute Gasteiger partial charge is 0.299 e. The number of hydrogen-bond donors (Lipinski definition) is 0. The quantitative estimate of drug-likeness (QED) is 0.163. The molecule has 0 aromatic heterocycles. The Morgan fingerprint density at radius 3 is 1.36 bits per heavy atom. The molecule has 0 rings (SSSR count). The van der Waals surface area contributed by atoms with Gasteiger partial charge in [-0.05, 0) is 40.5 Å². The predicted octanol–water partition coefficient (Wildman–Crippen LogP) is 5.82. The molecule has 0 bridgehead atoms. The number of Topliss-reactive ketones (excluding diaryl/α,β-unsaturated/α-hetero) is 4. The van der Waals surface area contributed by atoms with E-state index in [-0.39, 0.29) is 29.1 Å². The highest BCUT2D eigenvalue weighted by Crippen LogP contribution is 2.17. The van der Waals surface area contributed by atoms with Crippen LogP contribution >= 0.6 is 15.9 Å². The van der Waals surface area contributed by atoms with Crippen molar-refractivity contribution >= 4 is 47.1 Å². The number of ketones is 4. The fourth-order valence-corrected chi connectivity index (χ4v) is 3.58. The van der Waals surface area contributed by atoms with Crippen LogP contribution in [0.3, 0.4) is 0 Å². The highest BCUT2D eigenvalue weighted by atomic mass is 79.9. The van der Waals surface area contributed by atoms with Gasteiger partial charge in [0.2, 0.25) is 0 Å². The molecular weight excluding hydrogens is 436 g/mol. The summed E-state index contributed by atoms with van der Waals surface area (Å²) < 4.78 is 0. The van der Waals surface area contributed by atoms with Gasteiger partial charge in [-0.2, -0.15) is 0 Å². The molecule has 0 saturated heterocycles. The normalized spacial score (nSPS) is 10.2. The van der Waals surface area contributed by atoms with Gasteiger partial charge >= 0.3 is 0 Å². The predicted molar refractivity (Wildman–Crippen MR) is 126 cm³/mol. The Hall–Kier alpha value is -1.14. The minimum Gasteiger partial charge on any atom is -0.299 e. The van der Waals surface area contributed by atoms with E-state index in [0.717, 1.165) is 18.2 Å². The maximum atomic E-state index is 11.1. The molecule has 0 atom stereocenters. The number of allylic oxidation sites excluding steroid dienone is 2. The molecule has 6 heteroatoms. The van der Waals surface area contributed by atoms with E-state index in [1.54, 1.807) is 12.2 Å². The van der Waals surface area contributed by atoms with Crippen molar-refractivity contribution < 1.29 is 19.2 Å². The summed E-state index contributed by atoms with van der Waals surface area (Å²) in [6.45, 7) is 19.7. The van der Waals surface area contributed by atoms with Gasteiger partial charge in [0, 0.05) is 13.4 Å². The third-order valence-electron chi connectivity index (χ3n) is 3.89. The lowest BCUT2D eigenvalue weighted by molar-refractivity contribution is -0.132. The van der Waals surface area contributed by atoms with Crippen LogP contribution in [-0.4, -0.2) is 36.5 Å². The lowest BCUT2D eigenvalue weighted by Crippen LogP contribution is -2.22. The van der Waals surface area contributed by atoms with Crippen LogP contribution in [0.4, 0.5) is 0 Å². The molecule has 0 radical (unpaired) electrons. The van der Waals surface area contributed by atoms with Gasteiger partial charge in [0.15, 0.2) is 0 Å². The Morgan fingerprint density at radius 1 is 0.821 bits per heavy atom. The SMILES string of the molecule is C=CCBr.C=CCC(C(C)=O)C(C)=O.CC(=O)C(CCC[Si](C)(C)C)C(C)=O. The van der Waals surface area contributed by atoms with Gasteiger partial charge in [-0.15, -0.1) is 13.2 Å². The molecule has 28 heavy (non-hydrogen) atoms. The molecule has 0 fully saturated rings. The van der Waals surface area contributed by atoms with E-state index < -0.39 is 14.0 Å².